The Labute approximate surface area is 106 Å². The third-order valence-electron chi connectivity index (χ3n) is 2.82. The number of benzene rings is 1. The van der Waals surface area contributed by atoms with Crippen molar-refractivity contribution in [3.63, 3.8) is 0 Å². The molecule has 1 rings (SSSR count). The zero-order chi connectivity index (χ0) is 13.2. The van der Waals surface area contributed by atoms with Gasteiger partial charge in [0.1, 0.15) is 5.75 Å². The second-order valence-electron chi connectivity index (χ2n) is 4.33. The highest BCUT2D eigenvalue weighted by Crippen LogP contribution is 2.35. The van der Waals surface area contributed by atoms with Gasteiger partial charge in [0, 0.05) is 0 Å². The van der Waals surface area contributed by atoms with Crippen molar-refractivity contribution in [2.75, 3.05) is 7.11 Å². The van der Waals surface area contributed by atoms with Gasteiger partial charge in [0.15, 0.2) is 0 Å². The Morgan fingerprint density at radius 2 is 1.88 bits per heavy atom. The van der Waals surface area contributed by atoms with E-state index in [-0.39, 0.29) is 5.92 Å². The van der Waals surface area contributed by atoms with E-state index in [1.54, 1.807) is 20.1 Å². The average Bonchev–Trinajstić information content (AvgIpc) is 2.27. The van der Waals surface area contributed by atoms with Gasteiger partial charge in [-0.2, -0.15) is 0 Å². The van der Waals surface area contributed by atoms with E-state index in [9.17, 15) is 4.79 Å². The van der Waals surface area contributed by atoms with Crippen molar-refractivity contribution in [1.82, 2.24) is 0 Å². The quantitative estimate of drug-likeness (QED) is 0.894. The zero-order valence-corrected chi connectivity index (χ0v) is 11.2. The molecule has 0 aliphatic heterocycles. The van der Waals surface area contributed by atoms with E-state index in [0.29, 0.717) is 10.8 Å². The predicted molar refractivity (Wildman–Crippen MR) is 68.1 cm³/mol. The first-order valence-corrected chi connectivity index (χ1v) is 5.86. The first-order valence-electron chi connectivity index (χ1n) is 5.48. The van der Waals surface area contributed by atoms with Crippen LogP contribution in [0.3, 0.4) is 0 Å². The van der Waals surface area contributed by atoms with E-state index in [0.717, 1.165) is 11.1 Å². The molecule has 0 fully saturated rings. The first kappa shape index (κ1) is 13.8. The van der Waals surface area contributed by atoms with Crippen LogP contribution in [0.2, 0.25) is 5.02 Å². The maximum Gasteiger partial charge on any atom is 0.310 e. The number of hydrogen-bond acceptors (Lipinski definition) is 2. The molecule has 94 valence electrons. The maximum atomic E-state index is 11.1. The van der Waals surface area contributed by atoms with Gasteiger partial charge in [-0.05, 0) is 36.1 Å². The standard InChI is InChI=1S/C13H17ClO3/c1-7(2)9-6-12(17-4)11(14)5-10(9)8(3)13(15)16/h5-8H,1-4H3,(H,15,16). The minimum absolute atomic E-state index is 0.220. The number of methoxy groups -OCH3 is 1. The summed E-state index contributed by atoms with van der Waals surface area (Å²) in [5.41, 5.74) is 1.71. The van der Waals surface area contributed by atoms with Gasteiger partial charge in [0.25, 0.3) is 0 Å². The van der Waals surface area contributed by atoms with Crippen LogP contribution >= 0.6 is 11.6 Å². The number of halogens is 1. The minimum atomic E-state index is -0.854. The lowest BCUT2D eigenvalue weighted by Crippen LogP contribution is -2.11. The van der Waals surface area contributed by atoms with Gasteiger partial charge in [-0.1, -0.05) is 25.4 Å². The molecule has 0 aliphatic rings. The highest BCUT2D eigenvalue weighted by Gasteiger charge is 2.21. The largest absolute Gasteiger partial charge is 0.495 e. The summed E-state index contributed by atoms with van der Waals surface area (Å²) in [6.45, 7) is 5.69. The molecule has 1 aromatic carbocycles. The fourth-order valence-corrected chi connectivity index (χ4v) is 2.00. The fraction of sp³-hybridized carbons (Fsp3) is 0.462. The summed E-state index contributed by atoms with van der Waals surface area (Å²) < 4.78 is 5.15. The van der Waals surface area contributed by atoms with E-state index < -0.39 is 11.9 Å². The van der Waals surface area contributed by atoms with Gasteiger partial charge in [0.2, 0.25) is 0 Å². The van der Waals surface area contributed by atoms with Crippen molar-refractivity contribution >= 4 is 17.6 Å². The number of carbonyl (C=O) groups is 1. The Kier molecular flexibility index (Phi) is 4.40. The molecule has 1 unspecified atom stereocenters. The molecule has 0 aromatic heterocycles. The topological polar surface area (TPSA) is 46.5 Å². The predicted octanol–water partition coefficient (Wildman–Crippen LogP) is 3.66. The van der Waals surface area contributed by atoms with E-state index >= 15 is 0 Å². The Bertz CT molecular complexity index is 427. The van der Waals surface area contributed by atoms with E-state index in [1.807, 2.05) is 19.9 Å². The van der Waals surface area contributed by atoms with Gasteiger partial charge < -0.3 is 9.84 Å². The Morgan fingerprint density at radius 3 is 2.29 bits per heavy atom. The first-order chi connectivity index (χ1) is 7.88. The Balaban J connectivity index is 3.37. The summed E-state index contributed by atoms with van der Waals surface area (Å²) in [5, 5.41) is 9.53. The molecule has 0 heterocycles. The lowest BCUT2D eigenvalue weighted by atomic mass is 9.89. The van der Waals surface area contributed by atoms with Crippen molar-refractivity contribution in [3.8, 4) is 5.75 Å². The Morgan fingerprint density at radius 1 is 1.29 bits per heavy atom. The van der Waals surface area contributed by atoms with Crippen LogP contribution in [-0.2, 0) is 4.79 Å². The summed E-state index contributed by atoms with van der Waals surface area (Å²) in [6.07, 6.45) is 0. The number of rotatable bonds is 4. The van der Waals surface area contributed by atoms with Crippen LogP contribution in [0.25, 0.3) is 0 Å². The smallest absolute Gasteiger partial charge is 0.310 e. The number of ether oxygens (including phenoxy) is 1. The molecule has 0 spiro atoms. The van der Waals surface area contributed by atoms with Gasteiger partial charge >= 0.3 is 5.97 Å². The zero-order valence-electron chi connectivity index (χ0n) is 10.5. The molecule has 0 saturated carbocycles. The minimum Gasteiger partial charge on any atom is -0.495 e. The Hall–Kier alpha value is -1.22. The van der Waals surface area contributed by atoms with Gasteiger partial charge in [0.05, 0.1) is 18.1 Å². The van der Waals surface area contributed by atoms with Crippen LogP contribution in [0.15, 0.2) is 12.1 Å². The van der Waals surface area contributed by atoms with Crippen molar-refractivity contribution in [1.29, 1.82) is 0 Å². The maximum absolute atomic E-state index is 11.1. The van der Waals surface area contributed by atoms with Gasteiger partial charge in [-0.3, -0.25) is 4.79 Å². The van der Waals surface area contributed by atoms with Crippen LogP contribution in [0.1, 0.15) is 43.7 Å². The van der Waals surface area contributed by atoms with E-state index in [4.69, 9.17) is 21.4 Å². The number of carboxylic acid groups (broad SMARTS) is 1. The third kappa shape index (κ3) is 2.91. The molecule has 1 aromatic rings. The molecule has 0 amide bonds. The molecule has 1 N–H and O–H groups in total. The summed E-state index contributed by atoms with van der Waals surface area (Å²) in [5.74, 6) is -0.626. The van der Waals surface area contributed by atoms with E-state index in [2.05, 4.69) is 0 Å². The van der Waals surface area contributed by atoms with Crippen LogP contribution in [0.5, 0.6) is 5.75 Å². The van der Waals surface area contributed by atoms with Crippen LogP contribution in [0, 0.1) is 0 Å². The lowest BCUT2D eigenvalue weighted by Gasteiger charge is -2.18. The number of carboxylic acids is 1. The second kappa shape index (κ2) is 5.41. The van der Waals surface area contributed by atoms with Crippen LogP contribution in [-0.4, -0.2) is 18.2 Å². The van der Waals surface area contributed by atoms with Gasteiger partial charge in [-0.15, -0.1) is 0 Å². The van der Waals surface area contributed by atoms with Crippen LogP contribution in [0.4, 0.5) is 0 Å². The molecule has 4 heteroatoms. The fourth-order valence-electron chi connectivity index (χ4n) is 1.75. The number of aliphatic carboxylic acids is 1. The normalized spacial score (nSPS) is 12.6. The molecule has 1 atom stereocenters. The molecule has 3 nitrogen and oxygen atoms in total. The van der Waals surface area contributed by atoms with Crippen molar-refractivity contribution < 1.29 is 14.6 Å². The monoisotopic (exact) mass is 256 g/mol. The highest BCUT2D eigenvalue weighted by atomic mass is 35.5. The third-order valence-corrected chi connectivity index (χ3v) is 3.11. The van der Waals surface area contributed by atoms with E-state index in [1.165, 1.54) is 0 Å². The van der Waals surface area contributed by atoms with Crippen LogP contribution < -0.4 is 4.74 Å². The molecular formula is C13H17ClO3. The molecule has 17 heavy (non-hydrogen) atoms. The van der Waals surface area contributed by atoms with Gasteiger partial charge in [-0.25, -0.2) is 0 Å². The summed E-state index contributed by atoms with van der Waals surface area (Å²) >= 11 is 6.04. The van der Waals surface area contributed by atoms with Crippen molar-refractivity contribution in [2.45, 2.75) is 32.6 Å². The SMILES string of the molecule is COc1cc(C(C)C)c(C(C)C(=O)O)cc1Cl. The molecule has 0 bridgehead atoms. The molecule has 0 radical (unpaired) electrons. The lowest BCUT2D eigenvalue weighted by molar-refractivity contribution is -0.138. The molecule has 0 aliphatic carbocycles. The average molecular weight is 257 g/mol. The van der Waals surface area contributed by atoms with Crippen molar-refractivity contribution in [3.05, 3.63) is 28.3 Å². The summed E-state index contributed by atoms with van der Waals surface area (Å²) in [7, 11) is 1.55. The molecular weight excluding hydrogens is 240 g/mol. The molecule has 0 saturated heterocycles. The second-order valence-corrected chi connectivity index (χ2v) is 4.74. The highest BCUT2D eigenvalue weighted by molar-refractivity contribution is 6.32. The van der Waals surface area contributed by atoms with Crippen molar-refractivity contribution in [2.24, 2.45) is 0 Å². The summed E-state index contributed by atoms with van der Waals surface area (Å²) in [6, 6.07) is 3.51. The summed E-state index contributed by atoms with van der Waals surface area (Å²) in [4.78, 5) is 11.1. The number of hydrogen-bond donors (Lipinski definition) is 1.